The quantitative estimate of drug-likeness (QED) is 0.853. The van der Waals surface area contributed by atoms with Crippen molar-refractivity contribution in [3.8, 4) is 0 Å². The number of rotatable bonds is 5. The van der Waals surface area contributed by atoms with E-state index >= 15 is 0 Å². The third kappa shape index (κ3) is 4.14. The predicted octanol–water partition coefficient (Wildman–Crippen LogP) is 2.17. The number of carbonyl (C=O) groups excluding carboxylic acids is 1. The minimum absolute atomic E-state index is 0.0420. The Morgan fingerprint density at radius 1 is 1.50 bits per heavy atom. The minimum atomic E-state index is -0.0420. The van der Waals surface area contributed by atoms with Crippen LogP contribution in [0.5, 0.6) is 0 Å². The molecule has 1 aliphatic rings. The summed E-state index contributed by atoms with van der Waals surface area (Å²) in [6.45, 7) is 1.62. The van der Waals surface area contributed by atoms with Crippen LogP contribution >= 0.6 is 15.9 Å². The van der Waals surface area contributed by atoms with Crippen LogP contribution in [0.3, 0.4) is 0 Å². The summed E-state index contributed by atoms with van der Waals surface area (Å²) in [5, 5.41) is 10.3. The summed E-state index contributed by atoms with van der Waals surface area (Å²) in [5.41, 5.74) is 1.12. The SMILES string of the molecule is O=C(CC1CCCN1)Nc1ncn(Cc2cccc(Br)c2)n1. The van der Waals surface area contributed by atoms with Gasteiger partial charge in [0.2, 0.25) is 11.9 Å². The molecule has 0 radical (unpaired) electrons. The lowest BCUT2D eigenvalue weighted by molar-refractivity contribution is -0.116. The van der Waals surface area contributed by atoms with Crippen LogP contribution in [0.2, 0.25) is 0 Å². The highest BCUT2D eigenvalue weighted by atomic mass is 79.9. The molecule has 2 N–H and O–H groups in total. The van der Waals surface area contributed by atoms with Crippen LogP contribution in [0, 0.1) is 0 Å². The maximum absolute atomic E-state index is 11.9. The molecule has 1 amide bonds. The van der Waals surface area contributed by atoms with Crippen LogP contribution in [0.1, 0.15) is 24.8 Å². The van der Waals surface area contributed by atoms with Gasteiger partial charge in [-0.05, 0) is 37.1 Å². The number of aromatic nitrogens is 3. The molecule has 1 aromatic heterocycles. The van der Waals surface area contributed by atoms with E-state index in [1.54, 1.807) is 11.0 Å². The second-order valence-electron chi connectivity index (χ2n) is 5.44. The fourth-order valence-corrected chi connectivity index (χ4v) is 3.03. The smallest absolute Gasteiger partial charge is 0.248 e. The molecule has 1 fully saturated rings. The van der Waals surface area contributed by atoms with Gasteiger partial charge >= 0.3 is 0 Å². The Morgan fingerprint density at radius 2 is 2.41 bits per heavy atom. The van der Waals surface area contributed by atoms with Crippen molar-refractivity contribution in [3.63, 3.8) is 0 Å². The van der Waals surface area contributed by atoms with Gasteiger partial charge in [-0.1, -0.05) is 28.1 Å². The van der Waals surface area contributed by atoms with Crippen LogP contribution in [0.15, 0.2) is 35.1 Å². The van der Waals surface area contributed by atoms with Gasteiger partial charge in [0.1, 0.15) is 6.33 Å². The summed E-state index contributed by atoms with van der Waals surface area (Å²) in [5.74, 6) is 0.317. The highest BCUT2D eigenvalue weighted by Gasteiger charge is 2.18. The number of benzene rings is 1. The molecule has 1 atom stereocenters. The second kappa shape index (κ2) is 7.02. The fraction of sp³-hybridized carbons (Fsp3) is 0.400. The third-order valence-corrected chi connectivity index (χ3v) is 4.11. The number of nitrogens with zero attached hydrogens (tertiary/aromatic N) is 3. The first-order chi connectivity index (χ1) is 10.7. The van der Waals surface area contributed by atoms with Crippen molar-refractivity contribution in [2.24, 2.45) is 0 Å². The Balaban J connectivity index is 1.55. The largest absolute Gasteiger partial charge is 0.313 e. The molecular formula is C15H18BrN5O. The van der Waals surface area contributed by atoms with E-state index in [1.807, 2.05) is 24.3 Å². The van der Waals surface area contributed by atoms with Gasteiger partial charge in [-0.2, -0.15) is 0 Å². The molecule has 1 saturated heterocycles. The van der Waals surface area contributed by atoms with Crippen molar-refractivity contribution < 1.29 is 4.79 Å². The summed E-state index contributed by atoms with van der Waals surface area (Å²) < 4.78 is 2.74. The van der Waals surface area contributed by atoms with Crippen molar-refractivity contribution in [2.45, 2.75) is 31.8 Å². The normalized spacial score (nSPS) is 17.6. The maximum atomic E-state index is 11.9. The van der Waals surface area contributed by atoms with E-state index in [2.05, 4.69) is 36.6 Å². The Kier molecular flexibility index (Phi) is 4.84. The standard InChI is InChI=1S/C15H18BrN5O/c16-12-4-1-3-11(7-12)9-21-10-18-15(20-21)19-14(22)8-13-5-2-6-17-13/h1,3-4,7,10,13,17H,2,5-6,8-9H2,(H,19,20,22). The first kappa shape index (κ1) is 15.2. The number of hydrogen-bond donors (Lipinski definition) is 2. The van der Waals surface area contributed by atoms with Crippen molar-refractivity contribution >= 4 is 27.8 Å². The monoisotopic (exact) mass is 363 g/mol. The Hall–Kier alpha value is -1.73. The van der Waals surface area contributed by atoms with Crippen LogP contribution < -0.4 is 10.6 Å². The van der Waals surface area contributed by atoms with Crippen LogP contribution in [-0.4, -0.2) is 33.3 Å². The number of carbonyl (C=O) groups is 1. The van der Waals surface area contributed by atoms with Crippen molar-refractivity contribution in [1.82, 2.24) is 20.1 Å². The summed E-state index contributed by atoms with van der Waals surface area (Å²) >= 11 is 3.45. The molecule has 0 saturated carbocycles. The van der Waals surface area contributed by atoms with Crippen molar-refractivity contribution in [2.75, 3.05) is 11.9 Å². The zero-order chi connectivity index (χ0) is 15.4. The Bertz CT molecular complexity index is 651. The van der Waals surface area contributed by atoms with E-state index in [0.717, 1.165) is 29.4 Å². The number of halogens is 1. The molecule has 0 bridgehead atoms. The molecule has 1 aliphatic heterocycles. The van der Waals surface area contributed by atoms with Gasteiger partial charge in [-0.25, -0.2) is 9.67 Å². The minimum Gasteiger partial charge on any atom is -0.313 e. The van der Waals surface area contributed by atoms with Gasteiger partial charge in [0, 0.05) is 16.9 Å². The van der Waals surface area contributed by atoms with E-state index in [1.165, 1.54) is 0 Å². The fourth-order valence-electron chi connectivity index (χ4n) is 2.58. The van der Waals surface area contributed by atoms with Gasteiger partial charge < -0.3 is 5.32 Å². The van der Waals surface area contributed by atoms with Crippen LogP contribution in [-0.2, 0) is 11.3 Å². The molecule has 7 heteroatoms. The van der Waals surface area contributed by atoms with Crippen molar-refractivity contribution in [3.05, 3.63) is 40.6 Å². The highest BCUT2D eigenvalue weighted by molar-refractivity contribution is 9.10. The molecule has 1 aromatic carbocycles. The number of hydrogen-bond acceptors (Lipinski definition) is 4. The lowest BCUT2D eigenvalue weighted by atomic mass is 10.1. The summed E-state index contributed by atoms with van der Waals surface area (Å²) in [4.78, 5) is 16.1. The Labute approximate surface area is 137 Å². The molecular weight excluding hydrogens is 346 g/mol. The zero-order valence-electron chi connectivity index (χ0n) is 12.1. The first-order valence-electron chi connectivity index (χ1n) is 7.36. The third-order valence-electron chi connectivity index (χ3n) is 3.62. The van der Waals surface area contributed by atoms with Crippen LogP contribution in [0.4, 0.5) is 5.95 Å². The molecule has 0 spiro atoms. The lowest BCUT2D eigenvalue weighted by Gasteiger charge is -2.08. The number of anilines is 1. The topological polar surface area (TPSA) is 71.8 Å². The summed E-state index contributed by atoms with van der Waals surface area (Å²) in [6, 6.07) is 8.30. The van der Waals surface area contributed by atoms with E-state index in [-0.39, 0.29) is 11.9 Å². The van der Waals surface area contributed by atoms with E-state index in [4.69, 9.17) is 0 Å². The van der Waals surface area contributed by atoms with Crippen LogP contribution in [0.25, 0.3) is 0 Å². The molecule has 6 nitrogen and oxygen atoms in total. The first-order valence-corrected chi connectivity index (χ1v) is 8.15. The van der Waals surface area contributed by atoms with E-state index < -0.39 is 0 Å². The average Bonchev–Trinajstić information content (AvgIpc) is 3.11. The summed E-state index contributed by atoms with van der Waals surface area (Å²) in [6.07, 6.45) is 4.29. The van der Waals surface area contributed by atoms with Gasteiger partial charge in [-0.15, -0.1) is 5.10 Å². The maximum Gasteiger partial charge on any atom is 0.248 e. The molecule has 3 rings (SSSR count). The second-order valence-corrected chi connectivity index (χ2v) is 6.36. The molecule has 2 heterocycles. The van der Waals surface area contributed by atoms with Gasteiger partial charge in [0.15, 0.2) is 0 Å². The molecule has 0 aliphatic carbocycles. The molecule has 1 unspecified atom stereocenters. The van der Waals surface area contributed by atoms with E-state index in [0.29, 0.717) is 18.9 Å². The van der Waals surface area contributed by atoms with E-state index in [9.17, 15) is 4.79 Å². The van der Waals surface area contributed by atoms with Crippen molar-refractivity contribution in [1.29, 1.82) is 0 Å². The molecule has 116 valence electrons. The number of amides is 1. The van der Waals surface area contributed by atoms with Gasteiger partial charge in [-0.3, -0.25) is 10.1 Å². The summed E-state index contributed by atoms with van der Waals surface area (Å²) in [7, 11) is 0. The average molecular weight is 364 g/mol. The highest BCUT2D eigenvalue weighted by Crippen LogP contribution is 2.13. The molecule has 22 heavy (non-hydrogen) atoms. The van der Waals surface area contributed by atoms with Gasteiger partial charge in [0.25, 0.3) is 0 Å². The number of nitrogens with one attached hydrogen (secondary N) is 2. The zero-order valence-corrected chi connectivity index (χ0v) is 13.7. The molecule has 2 aromatic rings. The Morgan fingerprint density at radius 3 is 3.18 bits per heavy atom. The van der Waals surface area contributed by atoms with Gasteiger partial charge in [0.05, 0.1) is 6.54 Å². The lowest BCUT2D eigenvalue weighted by Crippen LogP contribution is -2.27. The predicted molar refractivity (Wildman–Crippen MR) is 87.5 cm³/mol.